The van der Waals surface area contributed by atoms with Crippen LogP contribution in [0.4, 0.5) is 5.69 Å². The van der Waals surface area contributed by atoms with Crippen molar-refractivity contribution in [3.8, 4) is 5.75 Å². The first-order valence-corrected chi connectivity index (χ1v) is 9.58. The van der Waals surface area contributed by atoms with Gasteiger partial charge < -0.3 is 10.1 Å². The Hall–Kier alpha value is -1.66. The van der Waals surface area contributed by atoms with Crippen molar-refractivity contribution in [1.82, 2.24) is 5.32 Å². The molecule has 0 atom stereocenters. The maximum atomic E-state index is 12.3. The Morgan fingerprint density at radius 2 is 1.96 bits per heavy atom. The molecule has 0 spiro atoms. The molecule has 0 aliphatic carbocycles. The number of rotatable bonds is 4. The Balaban J connectivity index is 1.88. The van der Waals surface area contributed by atoms with E-state index in [1.54, 1.807) is 42.5 Å². The van der Waals surface area contributed by atoms with Gasteiger partial charge in [0.05, 0.1) is 27.2 Å². The molecule has 1 fully saturated rings. The van der Waals surface area contributed by atoms with Crippen molar-refractivity contribution in [3.05, 3.63) is 61.9 Å². The molecule has 0 aromatic heterocycles. The van der Waals surface area contributed by atoms with Gasteiger partial charge in [0, 0.05) is 10.6 Å². The maximum Gasteiger partial charge on any atom is 0.264 e. The number of ether oxygens (including phenoxy) is 1. The molecule has 4 nitrogen and oxygen atoms in total. The van der Waals surface area contributed by atoms with Gasteiger partial charge in [0.2, 0.25) is 0 Å². The molecular weight excluding hydrogens is 415 g/mol. The lowest BCUT2D eigenvalue weighted by Crippen LogP contribution is -2.19. The summed E-state index contributed by atoms with van der Waals surface area (Å²) in [6.07, 6.45) is 1.73. The van der Waals surface area contributed by atoms with Crippen LogP contribution < -0.4 is 10.1 Å². The van der Waals surface area contributed by atoms with Gasteiger partial charge in [-0.3, -0.25) is 4.79 Å². The number of hydrogen-bond donors (Lipinski definition) is 1. The molecule has 2 aromatic rings. The Labute approximate surface area is 170 Å². The molecule has 0 radical (unpaired) electrons. The topological polar surface area (TPSA) is 50.7 Å². The van der Waals surface area contributed by atoms with E-state index in [0.29, 0.717) is 43.2 Å². The lowest BCUT2D eigenvalue weighted by molar-refractivity contribution is -0.115. The number of amides is 1. The third-order valence-corrected chi connectivity index (χ3v) is 5.23. The summed E-state index contributed by atoms with van der Waals surface area (Å²) in [4.78, 5) is 17.1. The number of carbonyl (C=O) groups is 1. The van der Waals surface area contributed by atoms with Crippen LogP contribution in [-0.2, 0) is 4.79 Å². The molecule has 26 heavy (non-hydrogen) atoms. The van der Waals surface area contributed by atoms with Gasteiger partial charge in [-0.05, 0) is 61.2 Å². The molecule has 1 saturated heterocycles. The monoisotopic (exact) mass is 426 g/mol. The molecule has 1 N–H and O–H groups in total. The van der Waals surface area contributed by atoms with Crippen molar-refractivity contribution in [1.29, 1.82) is 0 Å². The zero-order chi connectivity index (χ0) is 18.7. The quantitative estimate of drug-likeness (QED) is 0.615. The van der Waals surface area contributed by atoms with Gasteiger partial charge in [-0.25, -0.2) is 4.99 Å². The largest absolute Gasteiger partial charge is 0.493 e. The smallest absolute Gasteiger partial charge is 0.264 e. The van der Waals surface area contributed by atoms with Crippen molar-refractivity contribution in [2.75, 3.05) is 6.61 Å². The van der Waals surface area contributed by atoms with E-state index in [-0.39, 0.29) is 5.91 Å². The molecule has 1 heterocycles. The first-order valence-electron chi connectivity index (χ1n) is 7.63. The molecule has 0 bridgehead atoms. The number of benzene rings is 2. The fourth-order valence-corrected chi connectivity index (χ4v) is 3.52. The fraction of sp³-hybridized carbons (Fsp3) is 0.111. The average molecular weight is 428 g/mol. The molecule has 3 rings (SSSR count). The van der Waals surface area contributed by atoms with Crippen LogP contribution in [0, 0.1) is 0 Å². The first kappa shape index (κ1) is 19.1. The van der Waals surface area contributed by atoms with Crippen LogP contribution in [0.1, 0.15) is 12.5 Å². The summed E-state index contributed by atoms with van der Waals surface area (Å²) in [5.74, 6) is 0.420. The molecule has 1 amide bonds. The lowest BCUT2D eigenvalue weighted by Gasteiger charge is -2.07. The lowest BCUT2D eigenvalue weighted by atomic mass is 10.2. The van der Waals surface area contributed by atoms with Crippen molar-refractivity contribution >= 4 is 69.4 Å². The van der Waals surface area contributed by atoms with Gasteiger partial charge in [-0.2, -0.15) is 0 Å². The van der Waals surface area contributed by atoms with E-state index < -0.39 is 0 Å². The summed E-state index contributed by atoms with van der Waals surface area (Å²) in [6.45, 7) is 2.41. The number of nitrogens with one attached hydrogen (secondary N) is 1. The highest BCUT2D eigenvalue weighted by Crippen LogP contribution is 2.33. The Morgan fingerprint density at radius 3 is 2.69 bits per heavy atom. The molecule has 134 valence electrons. The van der Waals surface area contributed by atoms with Crippen molar-refractivity contribution in [2.24, 2.45) is 4.99 Å². The van der Waals surface area contributed by atoms with E-state index in [4.69, 9.17) is 39.5 Å². The molecule has 0 unspecified atom stereocenters. The van der Waals surface area contributed by atoms with Gasteiger partial charge in [0.15, 0.2) is 5.17 Å². The third-order valence-electron chi connectivity index (χ3n) is 3.34. The number of nitrogens with zero attached hydrogens (tertiary/aromatic N) is 1. The zero-order valence-electron chi connectivity index (χ0n) is 13.6. The predicted octanol–water partition coefficient (Wildman–Crippen LogP) is 5.94. The van der Waals surface area contributed by atoms with Crippen LogP contribution in [0.3, 0.4) is 0 Å². The van der Waals surface area contributed by atoms with Gasteiger partial charge >= 0.3 is 0 Å². The SMILES string of the molecule is CCOc1ccc(Cl)cc1/C=C1\SC(=Nc2ccc(Cl)c(Cl)c2)NC1=O. The zero-order valence-corrected chi connectivity index (χ0v) is 16.6. The van der Waals surface area contributed by atoms with Crippen LogP contribution in [0.2, 0.25) is 15.1 Å². The van der Waals surface area contributed by atoms with E-state index in [1.165, 1.54) is 11.8 Å². The highest BCUT2D eigenvalue weighted by Gasteiger charge is 2.24. The summed E-state index contributed by atoms with van der Waals surface area (Å²) in [7, 11) is 0. The standard InChI is InChI=1S/C18H13Cl3N2O2S/c1-2-25-15-6-3-11(19)7-10(15)8-16-17(24)23-18(26-16)22-12-4-5-13(20)14(21)9-12/h3-9H,2H2,1H3,(H,22,23,24)/b16-8-. The van der Waals surface area contributed by atoms with E-state index in [2.05, 4.69) is 10.3 Å². The van der Waals surface area contributed by atoms with E-state index in [0.717, 1.165) is 5.56 Å². The van der Waals surface area contributed by atoms with Crippen LogP contribution in [0.5, 0.6) is 5.75 Å². The van der Waals surface area contributed by atoms with Gasteiger partial charge in [-0.15, -0.1) is 0 Å². The maximum absolute atomic E-state index is 12.3. The molecule has 8 heteroatoms. The average Bonchev–Trinajstić information content (AvgIpc) is 2.93. The van der Waals surface area contributed by atoms with Crippen molar-refractivity contribution < 1.29 is 9.53 Å². The second kappa shape index (κ2) is 8.35. The summed E-state index contributed by atoms with van der Waals surface area (Å²) < 4.78 is 5.58. The number of halogens is 3. The first-order chi connectivity index (χ1) is 12.5. The van der Waals surface area contributed by atoms with E-state index in [9.17, 15) is 4.79 Å². The summed E-state index contributed by atoms with van der Waals surface area (Å²) in [5, 5.41) is 4.60. The molecule has 2 aromatic carbocycles. The van der Waals surface area contributed by atoms with Gasteiger partial charge in [0.25, 0.3) is 5.91 Å². The number of thioether (sulfide) groups is 1. The summed E-state index contributed by atoms with van der Waals surface area (Å²) >= 11 is 19.2. The second-order valence-corrected chi connectivity index (χ2v) is 7.48. The number of aliphatic imine (C=N–C) groups is 1. The van der Waals surface area contributed by atoms with Crippen molar-refractivity contribution in [3.63, 3.8) is 0 Å². The van der Waals surface area contributed by atoms with Crippen molar-refractivity contribution in [2.45, 2.75) is 6.92 Å². The molecule has 1 aliphatic rings. The highest BCUT2D eigenvalue weighted by atomic mass is 35.5. The fourth-order valence-electron chi connectivity index (χ4n) is 2.21. The molecule has 0 saturated carbocycles. The third kappa shape index (κ3) is 4.54. The van der Waals surface area contributed by atoms with Gasteiger partial charge in [-0.1, -0.05) is 34.8 Å². The van der Waals surface area contributed by atoms with Crippen LogP contribution >= 0.6 is 46.6 Å². The minimum atomic E-state index is -0.240. The number of carbonyl (C=O) groups excluding carboxylic acids is 1. The minimum absolute atomic E-state index is 0.240. The number of hydrogen-bond acceptors (Lipinski definition) is 4. The van der Waals surface area contributed by atoms with Gasteiger partial charge in [0.1, 0.15) is 5.75 Å². The summed E-state index contributed by atoms with van der Waals surface area (Å²) in [6, 6.07) is 10.3. The highest BCUT2D eigenvalue weighted by molar-refractivity contribution is 8.18. The number of amidine groups is 1. The normalized spacial score (nSPS) is 17.0. The second-order valence-electron chi connectivity index (χ2n) is 5.20. The molecule has 1 aliphatic heterocycles. The van der Waals surface area contributed by atoms with E-state index in [1.807, 2.05) is 6.92 Å². The molecular formula is C18H13Cl3N2O2S. The Bertz CT molecular complexity index is 929. The van der Waals surface area contributed by atoms with Crippen LogP contribution in [0.25, 0.3) is 6.08 Å². The Kier molecular flexibility index (Phi) is 6.14. The minimum Gasteiger partial charge on any atom is -0.493 e. The summed E-state index contributed by atoms with van der Waals surface area (Å²) in [5.41, 5.74) is 1.33. The Morgan fingerprint density at radius 1 is 1.15 bits per heavy atom. The van der Waals surface area contributed by atoms with Crippen LogP contribution in [-0.4, -0.2) is 17.7 Å². The van der Waals surface area contributed by atoms with Crippen LogP contribution in [0.15, 0.2) is 46.3 Å². The predicted molar refractivity (Wildman–Crippen MR) is 110 cm³/mol. The van der Waals surface area contributed by atoms with E-state index >= 15 is 0 Å².